The zero-order valence-electron chi connectivity index (χ0n) is 18.3. The number of nitrogens with zero attached hydrogens (tertiary/aromatic N) is 3. The lowest BCUT2D eigenvalue weighted by atomic mass is 10.1. The highest BCUT2D eigenvalue weighted by Crippen LogP contribution is 2.49. The Balaban J connectivity index is 1.92. The first-order valence-electron chi connectivity index (χ1n) is 10.2. The molecule has 0 aliphatic heterocycles. The first kappa shape index (κ1) is 24.6. The second kappa shape index (κ2) is 9.11. The first-order chi connectivity index (χ1) is 16.6. The van der Waals surface area contributed by atoms with E-state index in [9.17, 15) is 4.79 Å². The number of para-hydroxylation sites is 1. The molecule has 2 aromatic carbocycles. The van der Waals surface area contributed by atoms with Crippen molar-refractivity contribution in [3.05, 3.63) is 81.9 Å². The van der Waals surface area contributed by atoms with Gasteiger partial charge < -0.3 is 4.74 Å². The summed E-state index contributed by atoms with van der Waals surface area (Å²) in [6, 6.07) is 8.88. The average Bonchev–Trinajstić information content (AvgIpc) is 3.12. The zero-order valence-corrected chi connectivity index (χ0v) is 22.9. The molecule has 0 fully saturated rings. The van der Waals surface area contributed by atoms with Crippen molar-refractivity contribution in [2.45, 2.75) is 20.8 Å². The Labute approximate surface area is 228 Å². The molecule has 0 N–H and O–H groups in total. The lowest BCUT2D eigenvalue weighted by molar-refractivity contribution is 0.428. The molecule has 178 valence electrons. The highest BCUT2D eigenvalue weighted by atomic mass is 35.5. The summed E-state index contributed by atoms with van der Waals surface area (Å²) in [5, 5.41) is 1.00. The quantitative estimate of drug-likeness (QED) is 0.157. The van der Waals surface area contributed by atoms with Crippen LogP contribution in [0.3, 0.4) is 0 Å². The first-order valence-corrected chi connectivity index (χ1v) is 12.9. The van der Waals surface area contributed by atoms with Crippen molar-refractivity contribution in [3.63, 3.8) is 0 Å². The van der Waals surface area contributed by atoms with Gasteiger partial charge in [0.2, 0.25) is 0 Å². The predicted molar refractivity (Wildman–Crippen MR) is 146 cm³/mol. The number of aromatic nitrogens is 3. The minimum Gasteiger partial charge on any atom is -0.422 e. The molecule has 11 heteroatoms. The second-order valence-electron chi connectivity index (χ2n) is 7.76. The lowest BCUT2D eigenvalue weighted by Crippen LogP contribution is -2.22. The van der Waals surface area contributed by atoms with Gasteiger partial charge in [-0.15, -0.1) is 11.3 Å². The van der Waals surface area contributed by atoms with Crippen molar-refractivity contribution in [3.8, 4) is 17.4 Å². The fraction of sp³-hybridized carbons (Fsp3) is 0.125. The molecular formula is C24H14Cl5N3O2S. The van der Waals surface area contributed by atoms with Gasteiger partial charge in [0.15, 0.2) is 5.75 Å². The minimum atomic E-state index is -0.357. The molecule has 0 aliphatic rings. The summed E-state index contributed by atoms with van der Waals surface area (Å²) in [5.74, 6) is -0.0658. The third kappa shape index (κ3) is 3.88. The number of thiophene rings is 1. The van der Waals surface area contributed by atoms with E-state index in [1.165, 1.54) is 4.57 Å². The smallest absolute Gasteiger partial charge is 0.310 e. The molecule has 0 bridgehead atoms. The van der Waals surface area contributed by atoms with Gasteiger partial charge in [0.05, 0.1) is 37.4 Å². The number of aryl methyl sites for hydroxylation is 3. The maximum Gasteiger partial charge on any atom is 0.310 e. The van der Waals surface area contributed by atoms with Gasteiger partial charge in [-0.2, -0.15) is 4.98 Å². The maximum atomic E-state index is 13.9. The molecule has 0 saturated heterocycles. The van der Waals surface area contributed by atoms with Crippen LogP contribution in [-0.2, 0) is 0 Å². The zero-order chi connectivity index (χ0) is 25.2. The van der Waals surface area contributed by atoms with Gasteiger partial charge in [-0.25, -0.2) is 9.55 Å². The Kier molecular flexibility index (Phi) is 6.41. The van der Waals surface area contributed by atoms with E-state index in [2.05, 4.69) is 4.98 Å². The van der Waals surface area contributed by atoms with Crippen molar-refractivity contribution >= 4 is 90.5 Å². The Bertz CT molecular complexity index is 1700. The van der Waals surface area contributed by atoms with Crippen LogP contribution >= 0.6 is 69.3 Å². The normalized spacial score (nSPS) is 11.5. The van der Waals surface area contributed by atoms with E-state index in [1.807, 2.05) is 19.9 Å². The number of pyridine rings is 1. The van der Waals surface area contributed by atoms with E-state index in [1.54, 1.807) is 42.5 Å². The highest BCUT2D eigenvalue weighted by molar-refractivity contribution is 7.19. The van der Waals surface area contributed by atoms with Gasteiger partial charge in [0.25, 0.3) is 5.56 Å². The number of fused-ring (bicyclic) bond motifs is 3. The van der Waals surface area contributed by atoms with E-state index >= 15 is 0 Å². The Morgan fingerprint density at radius 2 is 1.43 bits per heavy atom. The standard InChI is InChI=1S/C24H14Cl5N3O2S/c1-9-11(3)35-22-13(9)20-14(10(2)30-22)23(33)32(12-7-5-4-6-8-12)24(31-20)34-21-18(28)16(26)15(25)17(27)19(21)29/h4-8H,1-3H3. The molecule has 5 rings (SSSR count). The van der Waals surface area contributed by atoms with Gasteiger partial charge in [0, 0.05) is 10.3 Å². The molecular weight excluding hydrogens is 572 g/mol. The number of benzene rings is 2. The molecule has 3 heterocycles. The largest absolute Gasteiger partial charge is 0.422 e. The molecule has 5 aromatic rings. The van der Waals surface area contributed by atoms with Crippen LogP contribution in [0.1, 0.15) is 16.1 Å². The van der Waals surface area contributed by atoms with Crippen molar-refractivity contribution in [2.75, 3.05) is 0 Å². The van der Waals surface area contributed by atoms with Crippen LogP contribution in [-0.4, -0.2) is 14.5 Å². The van der Waals surface area contributed by atoms with E-state index in [0.717, 1.165) is 20.7 Å². The number of rotatable bonds is 3. The van der Waals surface area contributed by atoms with Crippen molar-refractivity contribution in [1.82, 2.24) is 14.5 Å². The summed E-state index contributed by atoms with van der Waals surface area (Å²) in [7, 11) is 0. The molecule has 0 unspecified atom stereocenters. The molecule has 0 atom stereocenters. The SMILES string of the molecule is Cc1sc2nc(C)c3c(=O)n(-c4ccccc4)c(Oc4c(Cl)c(Cl)c(Cl)c(Cl)c4Cl)nc3c2c1C. The van der Waals surface area contributed by atoms with Crippen molar-refractivity contribution in [2.24, 2.45) is 0 Å². The molecule has 0 amide bonds. The van der Waals surface area contributed by atoms with Gasteiger partial charge >= 0.3 is 6.01 Å². The summed E-state index contributed by atoms with van der Waals surface area (Å²) in [6.07, 6.45) is 0. The van der Waals surface area contributed by atoms with E-state index in [4.69, 9.17) is 67.7 Å². The van der Waals surface area contributed by atoms with Gasteiger partial charge in [-0.3, -0.25) is 4.79 Å². The van der Waals surface area contributed by atoms with Gasteiger partial charge in [-0.1, -0.05) is 76.2 Å². The maximum absolute atomic E-state index is 13.9. The Morgan fingerprint density at radius 3 is 2.06 bits per heavy atom. The van der Waals surface area contributed by atoms with Gasteiger partial charge in [-0.05, 0) is 38.5 Å². The summed E-state index contributed by atoms with van der Waals surface area (Å²) >= 11 is 33.0. The summed E-state index contributed by atoms with van der Waals surface area (Å²) in [6.45, 7) is 5.77. The molecule has 0 aliphatic carbocycles. The Hall–Kier alpha value is -2.06. The monoisotopic (exact) mass is 583 g/mol. The average molecular weight is 586 g/mol. The van der Waals surface area contributed by atoms with Crippen LogP contribution < -0.4 is 10.3 Å². The molecule has 0 spiro atoms. The summed E-state index contributed by atoms with van der Waals surface area (Å²) < 4.78 is 7.44. The van der Waals surface area contributed by atoms with E-state index in [0.29, 0.717) is 22.3 Å². The number of hydrogen-bond acceptors (Lipinski definition) is 5. The number of halogens is 5. The molecule has 3 aromatic heterocycles. The van der Waals surface area contributed by atoms with Crippen LogP contribution in [0.25, 0.3) is 26.8 Å². The van der Waals surface area contributed by atoms with E-state index < -0.39 is 0 Å². The predicted octanol–water partition coefficient (Wildman–Crippen LogP) is 8.98. The van der Waals surface area contributed by atoms with E-state index in [-0.39, 0.29) is 42.4 Å². The molecule has 0 saturated carbocycles. The summed E-state index contributed by atoms with van der Waals surface area (Å²) in [5.41, 5.74) is 2.20. The number of ether oxygens (including phenoxy) is 1. The molecule has 0 radical (unpaired) electrons. The highest BCUT2D eigenvalue weighted by Gasteiger charge is 2.25. The van der Waals surface area contributed by atoms with Crippen molar-refractivity contribution < 1.29 is 4.74 Å². The van der Waals surface area contributed by atoms with Crippen LogP contribution in [0.4, 0.5) is 0 Å². The molecule has 5 nitrogen and oxygen atoms in total. The summed E-state index contributed by atoms with van der Waals surface area (Å²) in [4.78, 5) is 25.3. The van der Waals surface area contributed by atoms with Crippen LogP contribution in [0, 0.1) is 20.8 Å². The molecule has 35 heavy (non-hydrogen) atoms. The third-order valence-corrected chi connectivity index (χ3v) is 9.01. The third-order valence-electron chi connectivity index (χ3n) is 5.66. The minimum absolute atomic E-state index is 0.00427. The van der Waals surface area contributed by atoms with Gasteiger partial charge in [0.1, 0.15) is 14.9 Å². The van der Waals surface area contributed by atoms with Crippen molar-refractivity contribution in [1.29, 1.82) is 0 Å². The number of hydrogen-bond donors (Lipinski definition) is 0. The van der Waals surface area contributed by atoms with Crippen LogP contribution in [0.15, 0.2) is 35.1 Å². The lowest BCUT2D eigenvalue weighted by Gasteiger charge is -2.17. The second-order valence-corrected chi connectivity index (χ2v) is 10.8. The topological polar surface area (TPSA) is 57.0 Å². The fourth-order valence-corrected chi connectivity index (χ4v) is 6.10. The fourth-order valence-electron chi connectivity index (χ4n) is 3.82. The Morgan fingerprint density at radius 1 is 0.829 bits per heavy atom. The van der Waals surface area contributed by atoms with Crippen LogP contribution in [0.2, 0.25) is 25.1 Å². The van der Waals surface area contributed by atoms with Crippen LogP contribution in [0.5, 0.6) is 11.8 Å².